The number of rotatable bonds is 3. The molecule has 1 aromatic carbocycles. The number of halogens is 1. The maximum atomic E-state index is 13.6. The molecule has 21 heavy (non-hydrogen) atoms. The number of nitrogens with one attached hydrogen (secondary N) is 1. The Hall–Kier alpha value is -1.13. The van der Waals surface area contributed by atoms with Crippen molar-refractivity contribution < 1.29 is 9.13 Å². The standard InChI is InChI=1S/C17H27FN2O/c1-13-12-20(8-5-9-21-13)16-7-6-15(18)10-14(16)11-19-17(2,3)4/h6-7,10,13,19H,5,8-9,11-12H2,1-4H3. The molecule has 1 heterocycles. The van der Waals surface area contributed by atoms with Crippen LogP contribution in [0.25, 0.3) is 0 Å². The fourth-order valence-corrected chi connectivity index (χ4v) is 2.58. The highest BCUT2D eigenvalue weighted by molar-refractivity contribution is 5.54. The lowest BCUT2D eigenvalue weighted by Gasteiger charge is -2.28. The average Bonchev–Trinajstić information content (AvgIpc) is 2.60. The van der Waals surface area contributed by atoms with Crippen LogP contribution in [0.15, 0.2) is 18.2 Å². The number of hydrogen-bond acceptors (Lipinski definition) is 3. The van der Waals surface area contributed by atoms with Gasteiger partial charge < -0.3 is 15.0 Å². The Morgan fingerprint density at radius 2 is 2.14 bits per heavy atom. The van der Waals surface area contributed by atoms with Gasteiger partial charge >= 0.3 is 0 Å². The zero-order valence-electron chi connectivity index (χ0n) is 13.6. The molecule has 0 aliphatic carbocycles. The third-order valence-corrected chi connectivity index (χ3v) is 3.64. The summed E-state index contributed by atoms with van der Waals surface area (Å²) in [6.07, 6.45) is 1.22. The van der Waals surface area contributed by atoms with Gasteiger partial charge in [0, 0.05) is 37.5 Å². The predicted molar refractivity (Wildman–Crippen MR) is 85.2 cm³/mol. The third-order valence-electron chi connectivity index (χ3n) is 3.64. The van der Waals surface area contributed by atoms with Gasteiger partial charge in [-0.1, -0.05) is 0 Å². The first-order chi connectivity index (χ1) is 9.85. The normalized spacial score (nSPS) is 20.4. The SMILES string of the molecule is CC1CN(c2ccc(F)cc2CNC(C)(C)C)CCCO1. The number of nitrogens with zero attached hydrogens (tertiary/aromatic N) is 1. The summed E-state index contributed by atoms with van der Waals surface area (Å²) in [5.41, 5.74) is 2.14. The quantitative estimate of drug-likeness (QED) is 0.925. The van der Waals surface area contributed by atoms with Crippen LogP contribution in [0, 0.1) is 5.82 Å². The summed E-state index contributed by atoms with van der Waals surface area (Å²) in [4.78, 5) is 2.32. The highest BCUT2D eigenvalue weighted by Gasteiger charge is 2.19. The van der Waals surface area contributed by atoms with Crippen LogP contribution >= 0.6 is 0 Å². The van der Waals surface area contributed by atoms with E-state index in [0.29, 0.717) is 6.54 Å². The molecule has 2 rings (SSSR count). The van der Waals surface area contributed by atoms with Gasteiger partial charge in [0.1, 0.15) is 5.82 Å². The summed E-state index contributed by atoms with van der Waals surface area (Å²) in [5.74, 6) is -0.177. The topological polar surface area (TPSA) is 24.5 Å². The molecule has 1 N–H and O–H groups in total. The minimum atomic E-state index is -0.177. The van der Waals surface area contributed by atoms with Crippen molar-refractivity contribution in [3.63, 3.8) is 0 Å². The molecule has 0 radical (unpaired) electrons. The first kappa shape index (κ1) is 16.2. The van der Waals surface area contributed by atoms with E-state index in [-0.39, 0.29) is 17.5 Å². The van der Waals surface area contributed by atoms with Gasteiger partial charge in [0.15, 0.2) is 0 Å². The van der Waals surface area contributed by atoms with E-state index >= 15 is 0 Å². The Labute approximate surface area is 127 Å². The summed E-state index contributed by atoms with van der Waals surface area (Å²) in [6.45, 7) is 11.7. The maximum absolute atomic E-state index is 13.6. The van der Waals surface area contributed by atoms with Crippen molar-refractivity contribution in [3.05, 3.63) is 29.6 Å². The van der Waals surface area contributed by atoms with E-state index in [0.717, 1.165) is 37.4 Å². The second-order valence-electron chi connectivity index (χ2n) is 6.86. The number of anilines is 1. The van der Waals surface area contributed by atoms with Gasteiger partial charge in [0.2, 0.25) is 0 Å². The average molecular weight is 294 g/mol. The van der Waals surface area contributed by atoms with Gasteiger partial charge in [-0.3, -0.25) is 0 Å². The highest BCUT2D eigenvalue weighted by Crippen LogP contribution is 2.24. The van der Waals surface area contributed by atoms with Crippen molar-refractivity contribution in [3.8, 4) is 0 Å². The van der Waals surface area contributed by atoms with Crippen molar-refractivity contribution in [2.24, 2.45) is 0 Å². The van der Waals surface area contributed by atoms with E-state index in [4.69, 9.17) is 4.74 Å². The molecular formula is C17H27FN2O. The minimum Gasteiger partial charge on any atom is -0.377 e. The Kier molecular flexibility index (Phi) is 5.22. The summed E-state index contributed by atoms with van der Waals surface area (Å²) in [7, 11) is 0. The van der Waals surface area contributed by atoms with Gasteiger partial charge in [-0.25, -0.2) is 4.39 Å². The van der Waals surface area contributed by atoms with Crippen LogP contribution in [-0.4, -0.2) is 31.3 Å². The van der Waals surface area contributed by atoms with Crippen molar-refractivity contribution in [2.75, 3.05) is 24.6 Å². The van der Waals surface area contributed by atoms with Crippen LogP contribution in [0.2, 0.25) is 0 Å². The molecule has 1 aliphatic heterocycles. The second-order valence-corrected chi connectivity index (χ2v) is 6.86. The molecule has 1 saturated heterocycles. The summed E-state index contributed by atoms with van der Waals surface area (Å²) in [6, 6.07) is 5.09. The fourth-order valence-electron chi connectivity index (χ4n) is 2.58. The van der Waals surface area contributed by atoms with Crippen LogP contribution in [-0.2, 0) is 11.3 Å². The third kappa shape index (κ3) is 4.97. The summed E-state index contributed by atoms with van der Waals surface area (Å²) < 4.78 is 19.3. The molecule has 3 nitrogen and oxygen atoms in total. The van der Waals surface area contributed by atoms with Gasteiger partial charge in [0.25, 0.3) is 0 Å². The van der Waals surface area contributed by atoms with Gasteiger partial charge in [-0.05, 0) is 57.9 Å². The van der Waals surface area contributed by atoms with Crippen LogP contribution in [0.5, 0.6) is 0 Å². The smallest absolute Gasteiger partial charge is 0.123 e. The van der Waals surface area contributed by atoms with Crippen molar-refractivity contribution in [1.82, 2.24) is 5.32 Å². The Bertz CT molecular complexity index is 470. The Balaban J connectivity index is 2.21. The molecular weight excluding hydrogens is 267 g/mol. The number of ether oxygens (including phenoxy) is 1. The number of benzene rings is 1. The van der Waals surface area contributed by atoms with Crippen molar-refractivity contribution in [2.45, 2.75) is 52.3 Å². The van der Waals surface area contributed by atoms with E-state index in [1.165, 1.54) is 0 Å². The maximum Gasteiger partial charge on any atom is 0.123 e. The molecule has 1 aliphatic rings. The molecule has 0 saturated carbocycles. The first-order valence-corrected chi connectivity index (χ1v) is 7.75. The number of hydrogen-bond donors (Lipinski definition) is 1. The van der Waals surface area contributed by atoms with E-state index in [2.05, 4.69) is 37.9 Å². The summed E-state index contributed by atoms with van der Waals surface area (Å²) in [5, 5.41) is 3.45. The molecule has 0 aromatic heterocycles. The molecule has 0 bridgehead atoms. The zero-order valence-corrected chi connectivity index (χ0v) is 13.6. The molecule has 1 atom stereocenters. The predicted octanol–water partition coefficient (Wildman–Crippen LogP) is 3.33. The lowest BCUT2D eigenvalue weighted by atomic mass is 10.1. The largest absolute Gasteiger partial charge is 0.377 e. The van der Waals surface area contributed by atoms with Crippen molar-refractivity contribution in [1.29, 1.82) is 0 Å². The first-order valence-electron chi connectivity index (χ1n) is 7.75. The van der Waals surface area contributed by atoms with E-state index in [1.807, 2.05) is 6.07 Å². The molecule has 1 aromatic rings. The van der Waals surface area contributed by atoms with Gasteiger partial charge in [0.05, 0.1) is 6.10 Å². The lowest BCUT2D eigenvalue weighted by Crippen LogP contribution is -2.36. The van der Waals surface area contributed by atoms with Crippen LogP contribution in [0.3, 0.4) is 0 Å². The molecule has 0 amide bonds. The monoisotopic (exact) mass is 294 g/mol. The van der Waals surface area contributed by atoms with Crippen molar-refractivity contribution >= 4 is 5.69 Å². The molecule has 4 heteroatoms. The van der Waals surface area contributed by atoms with Crippen LogP contribution < -0.4 is 10.2 Å². The minimum absolute atomic E-state index is 0.0127. The zero-order chi connectivity index (χ0) is 15.5. The molecule has 118 valence electrons. The Morgan fingerprint density at radius 3 is 2.86 bits per heavy atom. The van der Waals surface area contributed by atoms with Crippen LogP contribution in [0.4, 0.5) is 10.1 Å². The van der Waals surface area contributed by atoms with Gasteiger partial charge in [-0.2, -0.15) is 0 Å². The van der Waals surface area contributed by atoms with E-state index in [9.17, 15) is 4.39 Å². The van der Waals surface area contributed by atoms with Gasteiger partial charge in [-0.15, -0.1) is 0 Å². The molecule has 0 spiro atoms. The van der Waals surface area contributed by atoms with E-state index in [1.54, 1.807) is 12.1 Å². The molecule has 1 fully saturated rings. The second kappa shape index (κ2) is 6.75. The fraction of sp³-hybridized carbons (Fsp3) is 0.647. The van der Waals surface area contributed by atoms with Crippen LogP contribution in [0.1, 0.15) is 39.7 Å². The summed E-state index contributed by atoms with van der Waals surface area (Å²) >= 11 is 0. The molecule has 1 unspecified atom stereocenters. The Morgan fingerprint density at radius 1 is 1.38 bits per heavy atom. The highest BCUT2D eigenvalue weighted by atomic mass is 19.1. The van der Waals surface area contributed by atoms with E-state index < -0.39 is 0 Å². The lowest BCUT2D eigenvalue weighted by molar-refractivity contribution is 0.0821.